The van der Waals surface area contributed by atoms with Crippen LogP contribution in [0.4, 0.5) is 10.2 Å². The molecule has 2 fully saturated rings. The lowest BCUT2D eigenvalue weighted by molar-refractivity contribution is -0.0392. The number of hydrogen-bond acceptors (Lipinski definition) is 8. The summed E-state index contributed by atoms with van der Waals surface area (Å²) in [4.78, 5) is 20.3. The number of nitrogen functional groups attached to an aromatic ring is 1. The molecule has 12 heteroatoms. The Hall–Kier alpha value is -4.52. The number of hydrogen-bond donors (Lipinski definition) is 1. The number of sulfonamides is 1. The number of likely N-dealkylation sites (tertiary alicyclic amines) is 1. The van der Waals surface area contributed by atoms with Gasteiger partial charge in [-0.3, -0.25) is 19.4 Å². The van der Waals surface area contributed by atoms with Gasteiger partial charge in [0, 0.05) is 50.0 Å². The number of halogens is 1. The second kappa shape index (κ2) is 10.9. The Morgan fingerprint density at radius 2 is 1.73 bits per heavy atom. The van der Waals surface area contributed by atoms with E-state index >= 15 is 0 Å². The monoisotopic (exact) mass is 610 g/mol. The van der Waals surface area contributed by atoms with Gasteiger partial charge in [-0.2, -0.15) is 4.31 Å². The molecule has 0 saturated carbocycles. The molecular formula is C32H31FN8O2S. The lowest BCUT2D eigenvalue weighted by atomic mass is 9.72. The van der Waals surface area contributed by atoms with E-state index in [9.17, 15) is 12.8 Å². The first kappa shape index (κ1) is 28.3. The summed E-state index contributed by atoms with van der Waals surface area (Å²) in [5.41, 5.74) is 11.9. The SMILES string of the molecule is C=CS(=O)(=O)N1CCC2(CC1)CN(Cc1ccc(-n3c(-c4cccnc4N)nc4cnc(-c5ccc(F)cn5)cc43)cc1)C2. The van der Waals surface area contributed by atoms with E-state index in [0.717, 1.165) is 49.1 Å². The van der Waals surface area contributed by atoms with E-state index in [1.165, 1.54) is 22.1 Å². The van der Waals surface area contributed by atoms with Gasteiger partial charge in [-0.05, 0) is 66.3 Å². The maximum Gasteiger partial charge on any atom is 0.235 e. The van der Waals surface area contributed by atoms with Crippen LogP contribution in [0.3, 0.4) is 0 Å². The number of piperidine rings is 1. The third kappa shape index (κ3) is 5.14. The summed E-state index contributed by atoms with van der Waals surface area (Å²) in [5.74, 6) is 0.597. The van der Waals surface area contributed by atoms with Crippen LogP contribution in [0.25, 0.3) is 39.5 Å². The molecule has 224 valence electrons. The van der Waals surface area contributed by atoms with Gasteiger partial charge in [0.05, 0.1) is 34.9 Å². The van der Waals surface area contributed by atoms with E-state index in [0.29, 0.717) is 47.2 Å². The molecule has 10 nitrogen and oxygen atoms in total. The lowest BCUT2D eigenvalue weighted by Gasteiger charge is -2.53. The quantitative estimate of drug-likeness (QED) is 0.283. The van der Waals surface area contributed by atoms with E-state index in [4.69, 9.17) is 10.7 Å². The zero-order valence-electron chi connectivity index (χ0n) is 24.0. The predicted molar refractivity (Wildman–Crippen MR) is 167 cm³/mol. The summed E-state index contributed by atoms with van der Waals surface area (Å²) >= 11 is 0. The van der Waals surface area contributed by atoms with E-state index in [-0.39, 0.29) is 5.41 Å². The Bertz CT molecular complexity index is 1960. The zero-order valence-corrected chi connectivity index (χ0v) is 24.8. The first-order valence-corrected chi connectivity index (χ1v) is 15.9. The molecule has 0 amide bonds. The normalized spacial score (nSPS) is 17.1. The molecule has 0 bridgehead atoms. The number of rotatable bonds is 7. The van der Waals surface area contributed by atoms with Crippen LogP contribution < -0.4 is 5.73 Å². The highest BCUT2D eigenvalue weighted by molar-refractivity contribution is 7.92. The molecule has 2 aliphatic rings. The van der Waals surface area contributed by atoms with Crippen molar-refractivity contribution in [1.29, 1.82) is 0 Å². The van der Waals surface area contributed by atoms with Crippen molar-refractivity contribution >= 4 is 26.9 Å². The Kier molecular flexibility index (Phi) is 6.99. The maximum absolute atomic E-state index is 13.5. The summed E-state index contributed by atoms with van der Waals surface area (Å²) in [6, 6.07) is 16.9. The number of pyridine rings is 3. The smallest absolute Gasteiger partial charge is 0.235 e. The van der Waals surface area contributed by atoms with Gasteiger partial charge >= 0.3 is 0 Å². The molecule has 0 radical (unpaired) electrons. The lowest BCUT2D eigenvalue weighted by Crippen LogP contribution is -2.60. The minimum atomic E-state index is -3.35. The van der Waals surface area contributed by atoms with Crippen molar-refractivity contribution in [3.63, 3.8) is 0 Å². The molecule has 0 unspecified atom stereocenters. The van der Waals surface area contributed by atoms with Crippen LogP contribution in [-0.2, 0) is 16.6 Å². The summed E-state index contributed by atoms with van der Waals surface area (Å²) in [7, 11) is -3.35. The maximum atomic E-state index is 13.5. The third-order valence-corrected chi connectivity index (χ3v) is 10.2. The molecule has 4 aromatic heterocycles. The molecule has 0 atom stereocenters. The van der Waals surface area contributed by atoms with Crippen LogP contribution in [0.2, 0.25) is 0 Å². The third-order valence-electron chi connectivity index (χ3n) is 8.68. The Balaban J connectivity index is 1.15. The molecule has 2 saturated heterocycles. The molecule has 6 heterocycles. The van der Waals surface area contributed by atoms with Gasteiger partial charge in [-0.1, -0.05) is 18.7 Å². The minimum absolute atomic E-state index is 0.187. The average Bonchev–Trinajstić information content (AvgIpc) is 3.40. The highest BCUT2D eigenvalue weighted by Gasteiger charge is 2.45. The first-order valence-electron chi connectivity index (χ1n) is 14.4. The number of nitrogens with zero attached hydrogens (tertiary/aromatic N) is 7. The van der Waals surface area contributed by atoms with Crippen molar-refractivity contribution < 1.29 is 12.8 Å². The standard InChI is InChI=1S/C32H31FN8O2S/c1-2-44(42,43)40-14-11-32(12-15-40)20-39(21-32)19-22-5-8-24(9-6-22)41-29-16-27(26-10-7-23(33)17-36-26)37-18-28(29)38-31(41)25-4-3-13-35-30(25)34/h2-10,13,16-18H,1,11-12,14-15,19-21H2,(H2,34,35). The Morgan fingerprint density at radius 3 is 2.41 bits per heavy atom. The molecule has 44 heavy (non-hydrogen) atoms. The minimum Gasteiger partial charge on any atom is -0.383 e. The van der Waals surface area contributed by atoms with Crippen molar-refractivity contribution in [2.24, 2.45) is 5.41 Å². The van der Waals surface area contributed by atoms with Crippen LogP contribution in [-0.4, -0.2) is 68.3 Å². The van der Waals surface area contributed by atoms with Crippen LogP contribution in [0.1, 0.15) is 18.4 Å². The van der Waals surface area contributed by atoms with Crippen LogP contribution in [0.5, 0.6) is 0 Å². The highest BCUT2D eigenvalue weighted by Crippen LogP contribution is 2.42. The largest absolute Gasteiger partial charge is 0.383 e. The Labute approximate surface area is 254 Å². The molecule has 0 aliphatic carbocycles. The predicted octanol–water partition coefficient (Wildman–Crippen LogP) is 4.64. The summed E-state index contributed by atoms with van der Waals surface area (Å²) in [5, 5.41) is 1.04. The second-order valence-electron chi connectivity index (χ2n) is 11.5. The number of fused-ring (bicyclic) bond motifs is 1. The fourth-order valence-corrected chi connectivity index (χ4v) is 7.26. The zero-order chi connectivity index (χ0) is 30.5. The van der Waals surface area contributed by atoms with E-state index in [1.807, 2.05) is 22.8 Å². The topological polar surface area (TPSA) is 123 Å². The number of nitrogens with two attached hydrogens (primary N) is 1. The van der Waals surface area contributed by atoms with Gasteiger partial charge in [0.1, 0.15) is 23.0 Å². The van der Waals surface area contributed by atoms with E-state index < -0.39 is 15.8 Å². The van der Waals surface area contributed by atoms with Gasteiger partial charge in [0.2, 0.25) is 10.0 Å². The van der Waals surface area contributed by atoms with Crippen LogP contribution >= 0.6 is 0 Å². The van der Waals surface area contributed by atoms with E-state index in [1.54, 1.807) is 18.5 Å². The van der Waals surface area contributed by atoms with Gasteiger partial charge < -0.3 is 5.73 Å². The number of anilines is 1. The fraction of sp³-hybridized carbons (Fsp3) is 0.250. The van der Waals surface area contributed by atoms with Gasteiger partial charge in [0.15, 0.2) is 0 Å². The summed E-state index contributed by atoms with van der Waals surface area (Å²) < 4.78 is 41.4. The van der Waals surface area contributed by atoms with Gasteiger partial charge in [-0.25, -0.2) is 22.8 Å². The fourth-order valence-electron chi connectivity index (χ4n) is 6.36. The molecule has 2 N–H and O–H groups in total. The highest BCUT2D eigenvalue weighted by atomic mass is 32.2. The van der Waals surface area contributed by atoms with E-state index in [2.05, 4.69) is 50.7 Å². The van der Waals surface area contributed by atoms with Gasteiger partial charge in [0.25, 0.3) is 0 Å². The molecule has 7 rings (SSSR count). The van der Waals surface area contributed by atoms with Crippen molar-refractivity contribution in [2.75, 3.05) is 31.9 Å². The molecular weight excluding hydrogens is 579 g/mol. The molecule has 5 aromatic rings. The first-order chi connectivity index (χ1) is 21.2. The Morgan fingerprint density at radius 1 is 0.977 bits per heavy atom. The van der Waals surface area contributed by atoms with Crippen molar-refractivity contribution in [3.8, 4) is 28.5 Å². The average molecular weight is 611 g/mol. The van der Waals surface area contributed by atoms with Gasteiger partial charge in [-0.15, -0.1) is 0 Å². The van der Waals surface area contributed by atoms with Crippen molar-refractivity contribution in [2.45, 2.75) is 19.4 Å². The second-order valence-corrected chi connectivity index (χ2v) is 13.4. The molecule has 1 spiro atoms. The number of benzene rings is 1. The molecule has 2 aliphatic heterocycles. The van der Waals surface area contributed by atoms with Crippen molar-refractivity contribution in [1.82, 2.24) is 33.7 Å². The van der Waals surface area contributed by atoms with Crippen LogP contribution in [0.15, 0.2) is 85.2 Å². The van der Waals surface area contributed by atoms with Crippen LogP contribution in [0, 0.1) is 11.2 Å². The summed E-state index contributed by atoms with van der Waals surface area (Å²) in [6.45, 7) is 7.28. The molecule has 1 aromatic carbocycles. The summed E-state index contributed by atoms with van der Waals surface area (Å²) in [6.07, 6.45) is 6.25. The van der Waals surface area contributed by atoms with Crippen molar-refractivity contribution in [3.05, 3.63) is 96.6 Å². The number of imidazole rings is 1. The number of aromatic nitrogens is 5.